The molecule has 0 bridgehead atoms. The molecule has 88 valence electrons. The Labute approximate surface area is 104 Å². The van der Waals surface area contributed by atoms with Crippen LogP contribution in [0, 0.1) is 0 Å². The highest BCUT2D eigenvalue weighted by Crippen LogP contribution is 2.23. The van der Waals surface area contributed by atoms with E-state index >= 15 is 0 Å². The number of benzene rings is 1. The van der Waals surface area contributed by atoms with Crippen molar-refractivity contribution in [3.8, 4) is 11.5 Å². The number of oxazole rings is 1. The largest absolute Gasteiger partial charge is 0.440 e. The van der Waals surface area contributed by atoms with Gasteiger partial charge in [-0.1, -0.05) is 18.5 Å². The monoisotopic (exact) mass is 249 g/mol. The molecule has 0 saturated heterocycles. The van der Waals surface area contributed by atoms with Crippen LogP contribution in [0.15, 0.2) is 28.7 Å². The second-order valence-corrected chi connectivity index (χ2v) is 4.14. The van der Waals surface area contributed by atoms with Gasteiger partial charge in [0.1, 0.15) is 11.5 Å². The highest BCUT2D eigenvalue weighted by molar-refractivity contribution is 6.30. The number of aromatic nitrogens is 1. The highest BCUT2D eigenvalue weighted by Gasteiger charge is 2.13. The van der Waals surface area contributed by atoms with E-state index in [-0.39, 0.29) is 0 Å². The summed E-state index contributed by atoms with van der Waals surface area (Å²) in [7, 11) is 0. The predicted molar refractivity (Wildman–Crippen MR) is 66.3 cm³/mol. The summed E-state index contributed by atoms with van der Waals surface area (Å²) in [5, 5.41) is 0.657. The van der Waals surface area contributed by atoms with Crippen LogP contribution in [0.2, 0.25) is 5.02 Å². The number of aldehydes is 1. The fourth-order valence-corrected chi connectivity index (χ4v) is 1.70. The minimum Gasteiger partial charge on any atom is -0.440 e. The van der Waals surface area contributed by atoms with Crippen LogP contribution in [0.25, 0.3) is 11.5 Å². The smallest absolute Gasteiger partial charge is 0.226 e. The average molecular weight is 250 g/mol. The summed E-state index contributed by atoms with van der Waals surface area (Å²) in [5.74, 6) is 1.11. The number of rotatable bonds is 4. The molecule has 1 heterocycles. The standard InChI is InChI=1S/C13H12ClNO2/c1-2-3-12-11(8-16)15-13(17-12)9-4-6-10(14)7-5-9/h4-8H,2-3H2,1H3. The number of carbonyl (C=O) groups is 1. The van der Waals surface area contributed by atoms with Crippen molar-refractivity contribution in [3.63, 3.8) is 0 Å². The summed E-state index contributed by atoms with van der Waals surface area (Å²) in [6.07, 6.45) is 2.36. The highest BCUT2D eigenvalue weighted by atomic mass is 35.5. The Morgan fingerprint density at radius 2 is 2.06 bits per heavy atom. The van der Waals surface area contributed by atoms with Crippen molar-refractivity contribution in [2.45, 2.75) is 19.8 Å². The summed E-state index contributed by atoms with van der Waals surface area (Å²) >= 11 is 5.81. The number of halogens is 1. The van der Waals surface area contributed by atoms with Gasteiger partial charge in [0.2, 0.25) is 5.89 Å². The molecular formula is C13H12ClNO2. The third kappa shape index (κ3) is 2.56. The van der Waals surface area contributed by atoms with E-state index in [9.17, 15) is 4.79 Å². The molecule has 0 fully saturated rings. The molecule has 0 unspecified atom stereocenters. The van der Waals surface area contributed by atoms with Gasteiger partial charge in [-0.2, -0.15) is 0 Å². The van der Waals surface area contributed by atoms with Gasteiger partial charge in [0.15, 0.2) is 6.29 Å². The van der Waals surface area contributed by atoms with Crippen LogP contribution in [0.1, 0.15) is 29.6 Å². The quantitative estimate of drug-likeness (QED) is 0.775. The van der Waals surface area contributed by atoms with Crippen molar-refractivity contribution in [1.29, 1.82) is 0 Å². The molecule has 1 aromatic heterocycles. The van der Waals surface area contributed by atoms with E-state index in [0.717, 1.165) is 18.3 Å². The lowest BCUT2D eigenvalue weighted by Gasteiger charge is -1.95. The molecule has 0 aliphatic heterocycles. The summed E-state index contributed by atoms with van der Waals surface area (Å²) in [6, 6.07) is 7.17. The number of hydrogen-bond acceptors (Lipinski definition) is 3. The number of carbonyl (C=O) groups excluding carboxylic acids is 1. The van der Waals surface area contributed by atoms with Crippen LogP contribution in [0.4, 0.5) is 0 Å². The first-order valence-corrected chi connectivity index (χ1v) is 5.83. The molecule has 3 nitrogen and oxygen atoms in total. The Hall–Kier alpha value is -1.61. The van der Waals surface area contributed by atoms with Gasteiger partial charge in [-0.05, 0) is 30.7 Å². The zero-order valence-electron chi connectivity index (χ0n) is 9.44. The zero-order chi connectivity index (χ0) is 12.3. The van der Waals surface area contributed by atoms with Crippen LogP contribution in [-0.4, -0.2) is 11.3 Å². The lowest BCUT2D eigenvalue weighted by molar-refractivity contribution is 0.111. The van der Waals surface area contributed by atoms with Crippen LogP contribution >= 0.6 is 11.6 Å². The Morgan fingerprint density at radius 3 is 2.65 bits per heavy atom. The molecule has 0 aliphatic rings. The Kier molecular flexibility index (Phi) is 3.59. The summed E-state index contributed by atoms with van der Waals surface area (Å²) in [4.78, 5) is 15.0. The summed E-state index contributed by atoms with van der Waals surface area (Å²) in [6.45, 7) is 2.03. The van der Waals surface area contributed by atoms with E-state index in [1.165, 1.54) is 0 Å². The second-order valence-electron chi connectivity index (χ2n) is 3.70. The van der Waals surface area contributed by atoms with Crippen LogP contribution in [0.5, 0.6) is 0 Å². The molecule has 2 aromatic rings. The van der Waals surface area contributed by atoms with Gasteiger partial charge in [-0.3, -0.25) is 4.79 Å². The second kappa shape index (κ2) is 5.15. The third-order valence-electron chi connectivity index (χ3n) is 2.41. The lowest BCUT2D eigenvalue weighted by Crippen LogP contribution is -1.87. The molecule has 0 saturated carbocycles. The van der Waals surface area contributed by atoms with Crippen molar-refractivity contribution in [1.82, 2.24) is 4.98 Å². The molecule has 0 N–H and O–H groups in total. The van der Waals surface area contributed by atoms with Crippen LogP contribution in [0.3, 0.4) is 0 Å². The first-order chi connectivity index (χ1) is 8.24. The number of nitrogens with zero attached hydrogens (tertiary/aromatic N) is 1. The third-order valence-corrected chi connectivity index (χ3v) is 2.66. The molecule has 1 aromatic carbocycles. The van der Waals surface area contributed by atoms with Crippen LogP contribution in [-0.2, 0) is 6.42 Å². The lowest BCUT2D eigenvalue weighted by atomic mass is 10.2. The maximum atomic E-state index is 10.9. The minimum absolute atomic E-state index is 0.386. The fourth-order valence-electron chi connectivity index (χ4n) is 1.58. The Bertz CT molecular complexity index is 517. The molecule has 0 atom stereocenters. The SMILES string of the molecule is CCCc1oc(-c2ccc(Cl)cc2)nc1C=O. The van der Waals surface area contributed by atoms with Gasteiger partial charge < -0.3 is 4.42 Å². The van der Waals surface area contributed by atoms with Gasteiger partial charge in [-0.15, -0.1) is 0 Å². The first-order valence-electron chi connectivity index (χ1n) is 5.45. The molecule has 0 amide bonds. The van der Waals surface area contributed by atoms with Crippen molar-refractivity contribution in [2.24, 2.45) is 0 Å². The van der Waals surface area contributed by atoms with Crippen LogP contribution < -0.4 is 0 Å². The van der Waals surface area contributed by atoms with Crippen molar-refractivity contribution in [3.05, 3.63) is 40.7 Å². The van der Waals surface area contributed by atoms with E-state index in [4.69, 9.17) is 16.0 Å². The van der Waals surface area contributed by atoms with Gasteiger partial charge in [0, 0.05) is 17.0 Å². The maximum absolute atomic E-state index is 10.9. The first kappa shape index (κ1) is 11.9. The van der Waals surface area contributed by atoms with Gasteiger partial charge >= 0.3 is 0 Å². The number of hydrogen-bond donors (Lipinski definition) is 0. The Balaban J connectivity index is 2.38. The van der Waals surface area contributed by atoms with E-state index in [2.05, 4.69) is 4.98 Å². The molecule has 0 aliphatic carbocycles. The Morgan fingerprint density at radius 1 is 1.35 bits per heavy atom. The van der Waals surface area contributed by atoms with Crippen molar-refractivity contribution >= 4 is 17.9 Å². The molecule has 2 rings (SSSR count). The van der Waals surface area contributed by atoms with Gasteiger partial charge in [-0.25, -0.2) is 4.98 Å². The molecular weight excluding hydrogens is 238 g/mol. The predicted octanol–water partition coefficient (Wildman–Crippen LogP) is 3.76. The fraction of sp³-hybridized carbons (Fsp3) is 0.231. The van der Waals surface area contributed by atoms with E-state index < -0.39 is 0 Å². The summed E-state index contributed by atoms with van der Waals surface area (Å²) < 4.78 is 5.59. The molecule has 0 radical (unpaired) electrons. The molecule has 0 spiro atoms. The average Bonchev–Trinajstić information content (AvgIpc) is 2.74. The normalized spacial score (nSPS) is 10.5. The number of aryl methyl sites for hydroxylation is 1. The van der Waals surface area contributed by atoms with Crippen molar-refractivity contribution in [2.75, 3.05) is 0 Å². The van der Waals surface area contributed by atoms with Gasteiger partial charge in [0.05, 0.1) is 0 Å². The van der Waals surface area contributed by atoms with E-state index in [1.54, 1.807) is 12.1 Å². The minimum atomic E-state index is 0.386. The summed E-state index contributed by atoms with van der Waals surface area (Å²) in [5.41, 5.74) is 1.21. The van der Waals surface area contributed by atoms with Crippen molar-refractivity contribution < 1.29 is 9.21 Å². The van der Waals surface area contributed by atoms with Gasteiger partial charge in [0.25, 0.3) is 0 Å². The topological polar surface area (TPSA) is 43.1 Å². The molecule has 4 heteroatoms. The maximum Gasteiger partial charge on any atom is 0.226 e. The van der Waals surface area contributed by atoms with E-state index in [1.807, 2.05) is 19.1 Å². The zero-order valence-corrected chi connectivity index (χ0v) is 10.2. The molecule has 17 heavy (non-hydrogen) atoms. The van der Waals surface area contributed by atoms with E-state index in [0.29, 0.717) is 28.8 Å².